The van der Waals surface area contributed by atoms with Gasteiger partial charge in [0.15, 0.2) is 0 Å². The van der Waals surface area contributed by atoms with Crippen LogP contribution in [-0.4, -0.2) is 42.4 Å². The van der Waals surface area contributed by atoms with E-state index in [2.05, 4.69) is 9.82 Å². The lowest BCUT2D eigenvalue weighted by Gasteiger charge is -2.22. The number of hydrazone groups is 1. The molecule has 0 saturated heterocycles. The predicted octanol–water partition coefficient (Wildman–Crippen LogP) is 2.74. The van der Waals surface area contributed by atoms with Crippen molar-refractivity contribution in [3.8, 4) is 0 Å². The molecule has 0 saturated carbocycles. The molecule has 1 heterocycles. The first-order valence-electron chi connectivity index (χ1n) is 9.08. The number of nitrogens with zero attached hydrogens (tertiary/aromatic N) is 2. The smallest absolute Gasteiger partial charge is 0.303 e. The van der Waals surface area contributed by atoms with E-state index >= 15 is 0 Å². The minimum Gasteiger partial charge on any atom is -0.481 e. The number of benzene rings is 2. The molecule has 10 heteroatoms. The molecule has 0 fully saturated rings. The Morgan fingerprint density at radius 3 is 2.60 bits per heavy atom. The van der Waals surface area contributed by atoms with Crippen molar-refractivity contribution in [1.29, 1.82) is 0 Å². The largest absolute Gasteiger partial charge is 0.481 e. The molecule has 1 amide bonds. The number of nitrogens with one attached hydrogen (secondary N) is 1. The lowest BCUT2D eigenvalue weighted by Crippen LogP contribution is -2.28. The van der Waals surface area contributed by atoms with Crippen molar-refractivity contribution in [2.45, 2.75) is 25.3 Å². The van der Waals surface area contributed by atoms with E-state index in [0.717, 1.165) is 11.3 Å². The van der Waals surface area contributed by atoms with Gasteiger partial charge < -0.3 is 5.11 Å². The van der Waals surface area contributed by atoms with Gasteiger partial charge in [-0.3, -0.25) is 14.3 Å². The molecule has 30 heavy (non-hydrogen) atoms. The van der Waals surface area contributed by atoms with E-state index < -0.39 is 33.8 Å². The molecular weight excluding hydrogens is 413 g/mol. The third-order valence-electron chi connectivity index (χ3n) is 4.48. The lowest BCUT2D eigenvalue weighted by atomic mass is 9.97. The maximum absolute atomic E-state index is 14.4. The van der Waals surface area contributed by atoms with Gasteiger partial charge >= 0.3 is 5.97 Å². The van der Waals surface area contributed by atoms with Gasteiger partial charge in [0.25, 0.3) is 0 Å². The summed E-state index contributed by atoms with van der Waals surface area (Å²) in [6.45, 7) is 0. The number of carbonyl (C=O) groups excluding carboxylic acids is 1. The first-order valence-corrected chi connectivity index (χ1v) is 11.0. The zero-order valence-electron chi connectivity index (χ0n) is 16.1. The number of carboxylic acid groups (broad SMARTS) is 1. The summed E-state index contributed by atoms with van der Waals surface area (Å²) < 4.78 is 39.8. The number of hydrogen-bond acceptors (Lipinski definition) is 5. The van der Waals surface area contributed by atoms with Gasteiger partial charge in [-0.15, -0.1) is 0 Å². The summed E-state index contributed by atoms with van der Waals surface area (Å²) in [5, 5.41) is 14.3. The second kappa shape index (κ2) is 8.62. The van der Waals surface area contributed by atoms with Gasteiger partial charge in [0, 0.05) is 24.1 Å². The Morgan fingerprint density at radius 1 is 1.20 bits per heavy atom. The Labute approximate surface area is 173 Å². The van der Waals surface area contributed by atoms with E-state index in [9.17, 15) is 22.4 Å². The van der Waals surface area contributed by atoms with E-state index in [0.29, 0.717) is 17.0 Å². The van der Waals surface area contributed by atoms with Gasteiger partial charge in [-0.05, 0) is 23.8 Å². The highest BCUT2D eigenvalue weighted by molar-refractivity contribution is 7.92. The molecule has 0 spiro atoms. The second-order valence-corrected chi connectivity index (χ2v) is 8.62. The van der Waals surface area contributed by atoms with Gasteiger partial charge in [-0.2, -0.15) is 5.10 Å². The predicted molar refractivity (Wildman–Crippen MR) is 109 cm³/mol. The summed E-state index contributed by atoms with van der Waals surface area (Å²) in [7, 11) is -3.48. The molecule has 0 aromatic heterocycles. The van der Waals surface area contributed by atoms with E-state index in [1.54, 1.807) is 36.4 Å². The highest BCUT2D eigenvalue weighted by Gasteiger charge is 2.34. The van der Waals surface area contributed by atoms with E-state index in [4.69, 9.17) is 5.11 Å². The first-order chi connectivity index (χ1) is 14.1. The van der Waals surface area contributed by atoms with Gasteiger partial charge in [-0.1, -0.05) is 30.3 Å². The monoisotopic (exact) mass is 433 g/mol. The molecule has 1 atom stereocenters. The summed E-state index contributed by atoms with van der Waals surface area (Å²) in [5.41, 5.74) is 1.63. The Bertz CT molecular complexity index is 1120. The van der Waals surface area contributed by atoms with Crippen LogP contribution in [0.2, 0.25) is 0 Å². The average molecular weight is 433 g/mol. The fourth-order valence-electron chi connectivity index (χ4n) is 3.21. The fraction of sp³-hybridized carbons (Fsp3) is 0.250. The maximum Gasteiger partial charge on any atom is 0.303 e. The molecule has 0 radical (unpaired) electrons. The summed E-state index contributed by atoms with van der Waals surface area (Å²) in [6, 6.07) is 11.8. The van der Waals surface area contributed by atoms with Crippen molar-refractivity contribution in [1.82, 2.24) is 5.01 Å². The van der Waals surface area contributed by atoms with Crippen LogP contribution in [-0.2, 0) is 19.6 Å². The van der Waals surface area contributed by atoms with Gasteiger partial charge in [0.05, 0.1) is 24.4 Å². The number of anilines is 1. The number of amides is 1. The molecule has 2 N–H and O–H groups in total. The van der Waals surface area contributed by atoms with Crippen LogP contribution in [0.15, 0.2) is 53.6 Å². The zero-order chi connectivity index (χ0) is 21.9. The lowest BCUT2D eigenvalue weighted by molar-refractivity contribution is -0.141. The third-order valence-corrected chi connectivity index (χ3v) is 5.09. The average Bonchev–Trinajstić information content (AvgIpc) is 3.10. The summed E-state index contributed by atoms with van der Waals surface area (Å²) in [5.74, 6) is -2.15. The van der Waals surface area contributed by atoms with Gasteiger partial charge in [0.1, 0.15) is 5.82 Å². The van der Waals surface area contributed by atoms with Crippen molar-refractivity contribution in [2.24, 2.45) is 5.10 Å². The minimum absolute atomic E-state index is 0.197. The normalized spacial score (nSPS) is 16.3. The quantitative estimate of drug-likeness (QED) is 0.697. The summed E-state index contributed by atoms with van der Waals surface area (Å²) in [6.07, 6.45) is 0.594. The van der Waals surface area contributed by atoms with Crippen LogP contribution >= 0.6 is 0 Å². The van der Waals surface area contributed by atoms with Crippen LogP contribution in [0.4, 0.5) is 10.1 Å². The van der Waals surface area contributed by atoms with Crippen molar-refractivity contribution in [3.63, 3.8) is 0 Å². The number of aliphatic carboxylic acids is 1. The number of carbonyl (C=O) groups is 2. The molecule has 0 bridgehead atoms. The first kappa shape index (κ1) is 21.4. The van der Waals surface area contributed by atoms with Crippen LogP contribution in [0.5, 0.6) is 0 Å². The van der Waals surface area contributed by atoms with Gasteiger partial charge in [-0.25, -0.2) is 17.8 Å². The molecule has 2 aromatic rings. The second-order valence-electron chi connectivity index (χ2n) is 6.88. The Hall–Kier alpha value is -3.27. The Balaban J connectivity index is 1.95. The van der Waals surface area contributed by atoms with Crippen LogP contribution in [0.1, 0.15) is 36.4 Å². The minimum atomic E-state index is -3.48. The SMILES string of the molecule is CS(=O)(=O)Nc1cccc(C2=NN(C(=O)CCC(=O)O)C(c3ccccc3F)C2)c1. The molecule has 158 valence electrons. The number of rotatable bonds is 7. The summed E-state index contributed by atoms with van der Waals surface area (Å²) in [4.78, 5) is 23.5. The van der Waals surface area contributed by atoms with E-state index in [-0.39, 0.29) is 24.8 Å². The standard InChI is InChI=1S/C20H20FN3O5S/c1-30(28,29)23-14-6-4-5-13(11-14)17-12-18(15-7-2-3-8-16(15)21)24(22-17)19(25)9-10-20(26)27/h2-8,11,18,23H,9-10,12H2,1H3,(H,26,27). The van der Waals surface area contributed by atoms with Crippen LogP contribution in [0.3, 0.4) is 0 Å². The number of hydrogen-bond donors (Lipinski definition) is 2. The summed E-state index contributed by atoms with van der Waals surface area (Å²) >= 11 is 0. The highest BCUT2D eigenvalue weighted by Crippen LogP contribution is 2.35. The van der Waals surface area contributed by atoms with Crippen molar-refractivity contribution >= 4 is 33.3 Å². The molecule has 1 aliphatic heterocycles. The molecule has 1 unspecified atom stereocenters. The topological polar surface area (TPSA) is 116 Å². The van der Waals surface area contributed by atoms with Crippen molar-refractivity contribution in [3.05, 3.63) is 65.5 Å². The van der Waals surface area contributed by atoms with Crippen LogP contribution in [0.25, 0.3) is 0 Å². The number of sulfonamides is 1. The fourth-order valence-corrected chi connectivity index (χ4v) is 3.76. The van der Waals surface area contributed by atoms with E-state index in [1.807, 2.05) is 0 Å². The molecule has 0 aliphatic carbocycles. The molecule has 1 aliphatic rings. The molecule has 2 aromatic carbocycles. The Kier molecular flexibility index (Phi) is 6.16. The number of halogens is 1. The van der Waals surface area contributed by atoms with Crippen LogP contribution < -0.4 is 4.72 Å². The van der Waals surface area contributed by atoms with Gasteiger partial charge in [0.2, 0.25) is 15.9 Å². The Morgan fingerprint density at radius 2 is 1.93 bits per heavy atom. The third kappa shape index (κ3) is 5.20. The maximum atomic E-state index is 14.4. The zero-order valence-corrected chi connectivity index (χ0v) is 16.9. The number of carboxylic acids is 1. The molecule has 8 nitrogen and oxygen atoms in total. The van der Waals surface area contributed by atoms with Crippen molar-refractivity contribution < 1.29 is 27.5 Å². The van der Waals surface area contributed by atoms with Crippen molar-refractivity contribution in [2.75, 3.05) is 11.0 Å². The molecule has 3 rings (SSSR count). The molecular formula is C20H20FN3O5S. The highest BCUT2D eigenvalue weighted by atomic mass is 32.2. The van der Waals surface area contributed by atoms with E-state index in [1.165, 1.54) is 12.1 Å². The van der Waals surface area contributed by atoms with Crippen LogP contribution in [0, 0.1) is 5.82 Å².